The maximum Gasteiger partial charge on any atom is 0.274 e. The zero-order chi connectivity index (χ0) is 26.2. The Morgan fingerprint density at radius 1 is 1.19 bits per heavy atom. The van der Waals surface area contributed by atoms with E-state index in [1.54, 1.807) is 55.8 Å². The number of carbonyl (C=O) groups excluding carboxylic acids is 1. The molecule has 9 nitrogen and oxygen atoms in total. The van der Waals surface area contributed by atoms with Crippen LogP contribution in [0.5, 0.6) is 11.5 Å². The first-order valence-corrected chi connectivity index (χ1v) is 13.8. The first kappa shape index (κ1) is 24.8. The number of ether oxygens (including phenoxy) is 2. The third kappa shape index (κ3) is 5.16. The molecule has 2 aromatic carbocycles. The molecule has 2 aromatic heterocycles. The highest BCUT2D eigenvalue weighted by atomic mass is 32.2. The lowest BCUT2D eigenvalue weighted by molar-refractivity contribution is 0.0857. The van der Waals surface area contributed by atoms with Crippen molar-refractivity contribution in [2.24, 2.45) is 7.05 Å². The van der Waals surface area contributed by atoms with Crippen LogP contribution >= 0.6 is 0 Å². The van der Waals surface area contributed by atoms with E-state index in [4.69, 9.17) is 9.47 Å². The second kappa shape index (κ2) is 9.87. The predicted molar refractivity (Wildman–Crippen MR) is 140 cm³/mol. The van der Waals surface area contributed by atoms with Crippen LogP contribution in [0.4, 0.5) is 0 Å². The van der Waals surface area contributed by atoms with Crippen molar-refractivity contribution in [2.75, 3.05) is 19.4 Å². The summed E-state index contributed by atoms with van der Waals surface area (Å²) in [5, 5.41) is 3.54. The number of aryl methyl sites for hydroxylation is 1. The predicted octanol–water partition coefficient (Wildman–Crippen LogP) is 3.64. The number of benzene rings is 2. The van der Waals surface area contributed by atoms with E-state index in [9.17, 15) is 18.0 Å². The standard InChI is InChI=1S/C27H27N3O6S/c1-30-16-23(21-10-11-28-25(21)27(30)32)22-14-20(37(2,33)34)8-9-24(22)36-18-6-3-5-17(13-18)26(31)29-15-19-7-4-12-35-19/h3,5-6,8-11,13-14,16,19,28H,4,7,12,15H2,1-2H3,(H,29,31)/t19-/m1/s1. The molecule has 192 valence electrons. The summed E-state index contributed by atoms with van der Waals surface area (Å²) in [6.45, 7) is 1.16. The van der Waals surface area contributed by atoms with Gasteiger partial charge in [-0.15, -0.1) is 0 Å². The van der Waals surface area contributed by atoms with Crippen LogP contribution in [0.2, 0.25) is 0 Å². The lowest BCUT2D eigenvalue weighted by atomic mass is 10.0. The molecule has 0 saturated carbocycles. The van der Waals surface area contributed by atoms with E-state index >= 15 is 0 Å². The van der Waals surface area contributed by atoms with Gasteiger partial charge in [0.25, 0.3) is 11.5 Å². The number of aromatic amines is 1. The van der Waals surface area contributed by atoms with E-state index in [1.165, 1.54) is 16.7 Å². The Morgan fingerprint density at radius 2 is 2.03 bits per heavy atom. The topological polar surface area (TPSA) is 119 Å². The summed E-state index contributed by atoms with van der Waals surface area (Å²) in [4.78, 5) is 28.4. The van der Waals surface area contributed by atoms with Crippen LogP contribution in [-0.4, -0.2) is 49.4 Å². The molecular formula is C27H27N3O6S. The summed E-state index contributed by atoms with van der Waals surface area (Å²) in [6.07, 6.45) is 6.41. The van der Waals surface area contributed by atoms with Gasteiger partial charge in [0.05, 0.1) is 11.0 Å². The minimum absolute atomic E-state index is 0.0337. The van der Waals surface area contributed by atoms with E-state index < -0.39 is 9.84 Å². The molecule has 2 N–H and O–H groups in total. The summed E-state index contributed by atoms with van der Waals surface area (Å²) in [5.74, 6) is 0.555. The SMILES string of the molecule is Cn1cc(-c2cc(S(C)(=O)=O)ccc2Oc2cccc(C(=O)NC[C@H]3CCCO3)c2)c2cc[nH]c2c1=O. The van der Waals surface area contributed by atoms with Gasteiger partial charge in [-0.05, 0) is 55.3 Å². The highest BCUT2D eigenvalue weighted by Gasteiger charge is 2.19. The van der Waals surface area contributed by atoms with Gasteiger partial charge in [-0.25, -0.2) is 8.42 Å². The zero-order valence-corrected chi connectivity index (χ0v) is 21.3. The maximum absolute atomic E-state index is 12.7. The fraction of sp³-hybridized carbons (Fsp3) is 0.259. The first-order valence-electron chi connectivity index (χ1n) is 11.9. The van der Waals surface area contributed by atoms with Crippen molar-refractivity contribution in [3.05, 3.63) is 76.8 Å². The summed E-state index contributed by atoms with van der Waals surface area (Å²) in [5.41, 5.74) is 1.76. The molecular weight excluding hydrogens is 494 g/mol. The molecule has 1 fully saturated rings. The average molecular weight is 522 g/mol. The molecule has 0 radical (unpaired) electrons. The third-order valence-electron chi connectivity index (χ3n) is 6.40. The summed E-state index contributed by atoms with van der Waals surface area (Å²) in [6, 6.07) is 13.1. The number of amides is 1. The molecule has 1 aliphatic rings. The van der Waals surface area contributed by atoms with Gasteiger partial charge < -0.3 is 24.3 Å². The van der Waals surface area contributed by atoms with Crippen LogP contribution in [0.15, 0.2) is 70.6 Å². The number of nitrogens with zero attached hydrogens (tertiary/aromatic N) is 1. The van der Waals surface area contributed by atoms with E-state index in [0.29, 0.717) is 45.6 Å². The van der Waals surface area contributed by atoms with Gasteiger partial charge in [-0.1, -0.05) is 6.07 Å². The third-order valence-corrected chi connectivity index (χ3v) is 7.51. The molecule has 3 heterocycles. The molecule has 1 aliphatic heterocycles. The molecule has 1 atom stereocenters. The molecule has 0 unspecified atom stereocenters. The van der Waals surface area contributed by atoms with E-state index in [1.807, 2.05) is 0 Å². The Bertz CT molecular complexity index is 1650. The van der Waals surface area contributed by atoms with Gasteiger partial charge in [0.15, 0.2) is 9.84 Å². The average Bonchev–Trinajstić information content (AvgIpc) is 3.57. The van der Waals surface area contributed by atoms with E-state index in [-0.39, 0.29) is 22.5 Å². The van der Waals surface area contributed by atoms with Gasteiger partial charge in [0.2, 0.25) is 0 Å². The number of hydrogen-bond donors (Lipinski definition) is 2. The van der Waals surface area contributed by atoms with Gasteiger partial charge in [-0.3, -0.25) is 9.59 Å². The van der Waals surface area contributed by atoms with Crippen LogP contribution in [0.3, 0.4) is 0 Å². The number of aromatic nitrogens is 2. The monoisotopic (exact) mass is 521 g/mol. The van der Waals surface area contributed by atoms with Crippen molar-refractivity contribution < 1.29 is 22.7 Å². The highest BCUT2D eigenvalue weighted by molar-refractivity contribution is 7.90. The minimum atomic E-state index is -3.51. The number of sulfone groups is 1. The number of hydrogen-bond acceptors (Lipinski definition) is 6. The molecule has 4 aromatic rings. The fourth-order valence-corrected chi connectivity index (χ4v) is 5.11. The maximum atomic E-state index is 12.7. The van der Waals surface area contributed by atoms with Gasteiger partial charge in [0.1, 0.15) is 17.0 Å². The smallest absolute Gasteiger partial charge is 0.274 e. The van der Waals surface area contributed by atoms with Gasteiger partial charge in [0, 0.05) is 60.9 Å². The zero-order valence-electron chi connectivity index (χ0n) is 20.5. The normalized spacial score (nSPS) is 15.7. The molecule has 1 saturated heterocycles. The Balaban J connectivity index is 1.52. The van der Waals surface area contributed by atoms with Crippen molar-refractivity contribution in [1.82, 2.24) is 14.9 Å². The molecule has 10 heteroatoms. The summed E-state index contributed by atoms with van der Waals surface area (Å²) < 4.78 is 37.9. The van der Waals surface area contributed by atoms with Crippen molar-refractivity contribution >= 4 is 26.6 Å². The second-order valence-corrected chi connectivity index (χ2v) is 11.1. The van der Waals surface area contributed by atoms with Gasteiger partial charge >= 0.3 is 0 Å². The molecule has 5 rings (SSSR count). The summed E-state index contributed by atoms with van der Waals surface area (Å²) >= 11 is 0. The van der Waals surface area contributed by atoms with Crippen molar-refractivity contribution in [2.45, 2.75) is 23.8 Å². The number of nitrogens with one attached hydrogen (secondary N) is 2. The Labute approximate surface area is 214 Å². The number of rotatable bonds is 7. The van der Waals surface area contributed by atoms with E-state index in [2.05, 4.69) is 10.3 Å². The number of pyridine rings is 1. The Hall–Kier alpha value is -3.89. The Kier molecular flexibility index (Phi) is 6.61. The van der Waals surface area contributed by atoms with Crippen LogP contribution in [0.1, 0.15) is 23.2 Å². The lowest BCUT2D eigenvalue weighted by Gasteiger charge is -2.15. The fourth-order valence-electron chi connectivity index (χ4n) is 4.46. The minimum Gasteiger partial charge on any atom is -0.457 e. The molecule has 0 bridgehead atoms. The lowest BCUT2D eigenvalue weighted by Crippen LogP contribution is -2.31. The quantitative estimate of drug-likeness (QED) is 0.383. The number of H-pyrrole nitrogens is 1. The van der Waals surface area contributed by atoms with Crippen LogP contribution in [-0.2, 0) is 21.6 Å². The second-order valence-electron chi connectivity index (χ2n) is 9.13. The van der Waals surface area contributed by atoms with Crippen LogP contribution in [0, 0.1) is 0 Å². The van der Waals surface area contributed by atoms with Crippen molar-refractivity contribution in [1.29, 1.82) is 0 Å². The highest BCUT2D eigenvalue weighted by Crippen LogP contribution is 2.38. The molecule has 0 spiro atoms. The largest absolute Gasteiger partial charge is 0.457 e. The van der Waals surface area contributed by atoms with Gasteiger partial charge in [-0.2, -0.15) is 0 Å². The van der Waals surface area contributed by atoms with E-state index in [0.717, 1.165) is 25.7 Å². The number of carbonyl (C=O) groups is 1. The van der Waals surface area contributed by atoms with Crippen molar-refractivity contribution in [3.8, 4) is 22.6 Å². The molecule has 1 amide bonds. The molecule has 0 aliphatic carbocycles. The van der Waals surface area contributed by atoms with Crippen LogP contribution < -0.4 is 15.6 Å². The Morgan fingerprint density at radius 3 is 2.78 bits per heavy atom. The first-order chi connectivity index (χ1) is 17.7. The number of fused-ring (bicyclic) bond motifs is 1. The van der Waals surface area contributed by atoms with Crippen molar-refractivity contribution in [3.63, 3.8) is 0 Å². The molecule has 37 heavy (non-hydrogen) atoms. The van der Waals surface area contributed by atoms with Crippen LogP contribution in [0.25, 0.3) is 22.0 Å². The summed E-state index contributed by atoms with van der Waals surface area (Å²) in [7, 11) is -1.88.